The van der Waals surface area contributed by atoms with E-state index in [1.54, 1.807) is 20.8 Å². The van der Waals surface area contributed by atoms with E-state index in [1.807, 2.05) is 0 Å². The Morgan fingerprint density at radius 3 is 2.40 bits per heavy atom. The quantitative estimate of drug-likeness (QED) is 0.437. The predicted molar refractivity (Wildman–Crippen MR) is 95.8 cm³/mol. The van der Waals surface area contributed by atoms with E-state index in [4.69, 9.17) is 10.1 Å². The Kier molecular flexibility index (Phi) is 8.58. The molecular formula is C18H31N3O4. The fourth-order valence-electron chi connectivity index (χ4n) is 2.84. The number of ketones is 1. The lowest BCUT2D eigenvalue weighted by molar-refractivity contribution is -0.128. The minimum absolute atomic E-state index is 0.00475. The molecule has 1 saturated carbocycles. The third-order valence-electron chi connectivity index (χ3n) is 4.12. The van der Waals surface area contributed by atoms with Gasteiger partial charge in [0.1, 0.15) is 5.60 Å². The van der Waals surface area contributed by atoms with Gasteiger partial charge in [0.05, 0.1) is 12.3 Å². The standard InChI is InChI=1S/C18H31N3O4/c1-18(2,3)25-17(24)20-11-7-6-10-14(15(22)12-19)21-16(23)13-8-4-5-9-13/h12-14,19H,4-11H2,1-3H3,(H,20,24)(H,21,23). The molecule has 0 aromatic heterocycles. The Bertz CT molecular complexity index is 479. The molecule has 25 heavy (non-hydrogen) atoms. The summed E-state index contributed by atoms with van der Waals surface area (Å²) in [6, 6.07) is -0.646. The monoisotopic (exact) mass is 353 g/mol. The number of rotatable bonds is 9. The molecule has 7 heteroatoms. The molecule has 1 unspecified atom stereocenters. The molecular weight excluding hydrogens is 322 g/mol. The normalized spacial score (nSPS) is 16.1. The summed E-state index contributed by atoms with van der Waals surface area (Å²) in [7, 11) is 0. The summed E-state index contributed by atoms with van der Waals surface area (Å²) in [6.45, 7) is 5.84. The second kappa shape index (κ2) is 10.2. The zero-order valence-corrected chi connectivity index (χ0v) is 15.5. The molecule has 0 heterocycles. The summed E-state index contributed by atoms with van der Waals surface area (Å²) >= 11 is 0. The van der Waals surface area contributed by atoms with Crippen LogP contribution < -0.4 is 10.6 Å². The van der Waals surface area contributed by atoms with Crippen LogP contribution in [-0.2, 0) is 14.3 Å². The molecule has 0 saturated heterocycles. The molecule has 7 nitrogen and oxygen atoms in total. The second-order valence-electron chi connectivity index (χ2n) is 7.51. The highest BCUT2D eigenvalue weighted by molar-refractivity contribution is 6.29. The van der Waals surface area contributed by atoms with Gasteiger partial charge in [-0.1, -0.05) is 12.8 Å². The van der Waals surface area contributed by atoms with E-state index < -0.39 is 17.7 Å². The SMILES string of the molecule is CC(C)(C)OC(=O)NCCCCC(NC(=O)C1CCCC1)C(=O)C=N. The van der Waals surface area contributed by atoms with Gasteiger partial charge in [-0.15, -0.1) is 0 Å². The largest absolute Gasteiger partial charge is 0.444 e. The zero-order chi connectivity index (χ0) is 18.9. The first kappa shape index (κ1) is 21.1. The summed E-state index contributed by atoms with van der Waals surface area (Å²) in [6.07, 6.45) is 5.94. The van der Waals surface area contributed by atoms with E-state index in [2.05, 4.69) is 10.6 Å². The summed E-state index contributed by atoms with van der Waals surface area (Å²) in [5.74, 6) is -0.467. The lowest BCUT2D eigenvalue weighted by atomic mass is 10.0. The Hall–Kier alpha value is -1.92. The van der Waals surface area contributed by atoms with Crippen molar-refractivity contribution < 1.29 is 19.1 Å². The van der Waals surface area contributed by atoms with E-state index in [1.165, 1.54) is 0 Å². The third-order valence-corrected chi connectivity index (χ3v) is 4.12. The number of Topliss-reactive ketones (excluding diaryl/α,β-unsaturated/α-hetero) is 1. The first-order valence-corrected chi connectivity index (χ1v) is 9.04. The highest BCUT2D eigenvalue weighted by Gasteiger charge is 2.26. The molecule has 0 aliphatic heterocycles. The van der Waals surface area contributed by atoms with Gasteiger partial charge in [-0.05, 0) is 52.9 Å². The Morgan fingerprint density at radius 2 is 1.84 bits per heavy atom. The van der Waals surface area contributed by atoms with Crippen LogP contribution in [0.3, 0.4) is 0 Å². The van der Waals surface area contributed by atoms with Gasteiger partial charge in [0.2, 0.25) is 5.91 Å². The second-order valence-corrected chi connectivity index (χ2v) is 7.51. The molecule has 1 fully saturated rings. The van der Waals surface area contributed by atoms with Gasteiger partial charge in [-0.3, -0.25) is 9.59 Å². The maximum absolute atomic E-state index is 12.2. The fourth-order valence-corrected chi connectivity index (χ4v) is 2.84. The van der Waals surface area contributed by atoms with Crippen LogP contribution >= 0.6 is 0 Å². The number of carbonyl (C=O) groups is 3. The molecule has 0 spiro atoms. The first-order chi connectivity index (χ1) is 11.7. The molecule has 3 N–H and O–H groups in total. The van der Waals surface area contributed by atoms with Gasteiger partial charge in [0.15, 0.2) is 5.78 Å². The topological polar surface area (TPSA) is 108 Å². The van der Waals surface area contributed by atoms with Crippen molar-refractivity contribution in [3.05, 3.63) is 0 Å². The summed E-state index contributed by atoms with van der Waals surface area (Å²) in [4.78, 5) is 35.5. The third kappa shape index (κ3) is 8.65. The Balaban J connectivity index is 2.31. The van der Waals surface area contributed by atoms with Gasteiger partial charge in [-0.25, -0.2) is 4.79 Å². The van der Waals surface area contributed by atoms with Crippen molar-refractivity contribution in [3.8, 4) is 0 Å². The van der Waals surface area contributed by atoms with Crippen molar-refractivity contribution >= 4 is 24.0 Å². The van der Waals surface area contributed by atoms with Crippen molar-refractivity contribution in [3.63, 3.8) is 0 Å². The minimum atomic E-state index is -0.646. The van der Waals surface area contributed by atoms with E-state index in [-0.39, 0.29) is 17.6 Å². The number of amides is 2. The number of nitrogens with one attached hydrogen (secondary N) is 3. The van der Waals surface area contributed by atoms with Crippen LogP contribution in [0.5, 0.6) is 0 Å². The molecule has 142 valence electrons. The van der Waals surface area contributed by atoms with Crippen molar-refractivity contribution in [2.24, 2.45) is 5.92 Å². The number of unbranched alkanes of at least 4 members (excludes halogenated alkanes) is 1. The molecule has 0 bridgehead atoms. The maximum Gasteiger partial charge on any atom is 0.407 e. The van der Waals surface area contributed by atoms with Crippen LogP contribution in [0.4, 0.5) is 4.79 Å². The molecule has 1 atom stereocenters. The highest BCUT2D eigenvalue weighted by Crippen LogP contribution is 2.24. The number of hydrogen-bond acceptors (Lipinski definition) is 5. The molecule has 1 aliphatic rings. The average Bonchev–Trinajstić information content (AvgIpc) is 3.05. The van der Waals surface area contributed by atoms with Crippen LogP contribution in [0, 0.1) is 11.3 Å². The van der Waals surface area contributed by atoms with Crippen LogP contribution in [0.15, 0.2) is 0 Å². The van der Waals surface area contributed by atoms with Gasteiger partial charge in [-0.2, -0.15) is 0 Å². The van der Waals surface area contributed by atoms with Crippen LogP contribution in [0.2, 0.25) is 0 Å². The Labute approximate surface area is 149 Å². The number of ether oxygens (including phenoxy) is 1. The van der Waals surface area contributed by atoms with Crippen molar-refractivity contribution in [1.82, 2.24) is 10.6 Å². The zero-order valence-electron chi connectivity index (χ0n) is 15.5. The smallest absolute Gasteiger partial charge is 0.407 e. The van der Waals surface area contributed by atoms with E-state index >= 15 is 0 Å². The molecule has 2 amide bonds. The van der Waals surface area contributed by atoms with Crippen LogP contribution in [-0.4, -0.2) is 42.2 Å². The fraction of sp³-hybridized carbons (Fsp3) is 0.778. The summed E-state index contributed by atoms with van der Waals surface area (Å²) < 4.78 is 5.14. The number of carbonyl (C=O) groups excluding carboxylic acids is 3. The van der Waals surface area contributed by atoms with E-state index in [0.29, 0.717) is 25.8 Å². The van der Waals surface area contributed by atoms with Gasteiger partial charge >= 0.3 is 6.09 Å². The molecule has 1 aliphatic carbocycles. The molecule has 0 radical (unpaired) electrons. The van der Waals surface area contributed by atoms with E-state index in [0.717, 1.165) is 31.9 Å². The minimum Gasteiger partial charge on any atom is -0.444 e. The predicted octanol–water partition coefficient (Wildman–Crippen LogP) is 2.58. The summed E-state index contributed by atoms with van der Waals surface area (Å²) in [5, 5.41) is 12.6. The maximum atomic E-state index is 12.2. The highest BCUT2D eigenvalue weighted by atomic mass is 16.6. The molecule has 1 rings (SSSR count). The number of hydrogen-bond donors (Lipinski definition) is 3. The van der Waals surface area contributed by atoms with Gasteiger partial charge in [0, 0.05) is 12.5 Å². The van der Waals surface area contributed by atoms with Crippen molar-refractivity contribution in [1.29, 1.82) is 5.41 Å². The molecule has 0 aromatic rings. The molecule has 0 aromatic carbocycles. The van der Waals surface area contributed by atoms with Gasteiger partial charge in [0.25, 0.3) is 0 Å². The average molecular weight is 353 g/mol. The van der Waals surface area contributed by atoms with Gasteiger partial charge < -0.3 is 20.8 Å². The van der Waals surface area contributed by atoms with Crippen molar-refractivity contribution in [2.75, 3.05) is 6.54 Å². The van der Waals surface area contributed by atoms with Crippen LogP contribution in [0.25, 0.3) is 0 Å². The van der Waals surface area contributed by atoms with Crippen LogP contribution in [0.1, 0.15) is 65.7 Å². The van der Waals surface area contributed by atoms with Crippen molar-refractivity contribution in [2.45, 2.75) is 77.4 Å². The number of alkyl carbamates (subject to hydrolysis) is 1. The Morgan fingerprint density at radius 1 is 1.20 bits per heavy atom. The lowest BCUT2D eigenvalue weighted by Crippen LogP contribution is -2.43. The summed E-state index contributed by atoms with van der Waals surface area (Å²) in [5.41, 5.74) is -0.532. The van der Waals surface area contributed by atoms with E-state index in [9.17, 15) is 14.4 Å². The lowest BCUT2D eigenvalue weighted by Gasteiger charge is -2.20. The first-order valence-electron chi connectivity index (χ1n) is 9.04.